The predicted molar refractivity (Wildman–Crippen MR) is 94.4 cm³/mol. The SMILES string of the molecule is O=C1C(=O)N(C2CCCC2)CCN1CC1CC(c2ccccc2)NN1. The molecule has 2 aliphatic heterocycles. The van der Waals surface area contributed by atoms with Crippen LogP contribution < -0.4 is 10.9 Å². The summed E-state index contributed by atoms with van der Waals surface area (Å²) in [5.74, 6) is -0.633. The lowest BCUT2D eigenvalue weighted by molar-refractivity contribution is -0.157. The lowest BCUT2D eigenvalue weighted by Gasteiger charge is -2.37. The number of nitrogens with one attached hydrogen (secondary N) is 2. The summed E-state index contributed by atoms with van der Waals surface area (Å²) in [7, 11) is 0. The average molecular weight is 342 g/mol. The third-order valence-electron chi connectivity index (χ3n) is 5.73. The molecule has 1 saturated carbocycles. The minimum Gasteiger partial charge on any atom is -0.331 e. The van der Waals surface area contributed by atoms with E-state index in [1.54, 1.807) is 4.90 Å². The molecule has 134 valence electrons. The van der Waals surface area contributed by atoms with E-state index in [0.717, 1.165) is 19.3 Å². The van der Waals surface area contributed by atoms with E-state index in [1.165, 1.54) is 18.4 Å². The minimum absolute atomic E-state index is 0.167. The van der Waals surface area contributed by atoms with E-state index in [1.807, 2.05) is 23.1 Å². The molecule has 2 saturated heterocycles. The lowest BCUT2D eigenvalue weighted by Crippen LogP contribution is -2.58. The Kier molecular flexibility index (Phi) is 4.72. The number of benzene rings is 1. The minimum atomic E-state index is -0.330. The van der Waals surface area contributed by atoms with Gasteiger partial charge in [0.15, 0.2) is 0 Å². The van der Waals surface area contributed by atoms with Crippen molar-refractivity contribution in [3.8, 4) is 0 Å². The number of rotatable bonds is 4. The third-order valence-corrected chi connectivity index (χ3v) is 5.73. The van der Waals surface area contributed by atoms with Gasteiger partial charge in [-0.2, -0.15) is 0 Å². The van der Waals surface area contributed by atoms with Gasteiger partial charge in [-0.1, -0.05) is 43.2 Å². The zero-order valence-corrected chi connectivity index (χ0v) is 14.5. The number of hydrogen-bond donors (Lipinski definition) is 2. The number of hydrazine groups is 1. The van der Waals surface area contributed by atoms with Crippen molar-refractivity contribution in [1.82, 2.24) is 20.7 Å². The van der Waals surface area contributed by atoms with Crippen molar-refractivity contribution in [2.45, 2.75) is 50.2 Å². The molecule has 2 heterocycles. The summed E-state index contributed by atoms with van der Waals surface area (Å²) in [6, 6.07) is 11.0. The van der Waals surface area contributed by atoms with E-state index in [4.69, 9.17) is 0 Å². The molecule has 1 aromatic rings. The highest BCUT2D eigenvalue weighted by molar-refractivity contribution is 6.35. The summed E-state index contributed by atoms with van der Waals surface area (Å²) >= 11 is 0. The first-order valence-electron chi connectivity index (χ1n) is 9.38. The van der Waals surface area contributed by atoms with Gasteiger partial charge in [-0.05, 0) is 24.8 Å². The topological polar surface area (TPSA) is 64.7 Å². The number of carbonyl (C=O) groups excluding carboxylic acids is 2. The van der Waals surface area contributed by atoms with Gasteiger partial charge in [0.05, 0.1) is 0 Å². The van der Waals surface area contributed by atoms with E-state index < -0.39 is 0 Å². The molecule has 25 heavy (non-hydrogen) atoms. The van der Waals surface area contributed by atoms with Crippen LogP contribution in [0.1, 0.15) is 43.7 Å². The van der Waals surface area contributed by atoms with Crippen molar-refractivity contribution in [2.24, 2.45) is 0 Å². The monoisotopic (exact) mass is 342 g/mol. The number of nitrogens with zero attached hydrogens (tertiary/aromatic N) is 2. The largest absolute Gasteiger partial charge is 0.331 e. The molecule has 2 atom stereocenters. The molecular formula is C19H26N4O2. The average Bonchev–Trinajstić information content (AvgIpc) is 3.32. The van der Waals surface area contributed by atoms with Crippen LogP contribution in [0.15, 0.2) is 30.3 Å². The van der Waals surface area contributed by atoms with Crippen LogP contribution in [0, 0.1) is 0 Å². The summed E-state index contributed by atoms with van der Waals surface area (Å²) < 4.78 is 0. The van der Waals surface area contributed by atoms with Crippen LogP contribution in [-0.4, -0.2) is 53.3 Å². The molecule has 3 aliphatic rings. The van der Waals surface area contributed by atoms with Crippen molar-refractivity contribution in [3.05, 3.63) is 35.9 Å². The Morgan fingerprint density at radius 2 is 1.72 bits per heavy atom. The second-order valence-corrected chi connectivity index (χ2v) is 7.37. The van der Waals surface area contributed by atoms with E-state index in [9.17, 15) is 9.59 Å². The summed E-state index contributed by atoms with van der Waals surface area (Å²) in [5.41, 5.74) is 7.84. The quantitative estimate of drug-likeness (QED) is 0.808. The summed E-state index contributed by atoms with van der Waals surface area (Å²) in [6.45, 7) is 1.91. The van der Waals surface area contributed by atoms with Gasteiger partial charge in [-0.3, -0.25) is 15.0 Å². The van der Waals surface area contributed by atoms with Gasteiger partial charge in [0.1, 0.15) is 0 Å². The van der Waals surface area contributed by atoms with Crippen LogP contribution >= 0.6 is 0 Å². The molecule has 2 amide bonds. The van der Waals surface area contributed by atoms with E-state index >= 15 is 0 Å². The van der Waals surface area contributed by atoms with Gasteiger partial charge in [-0.25, -0.2) is 5.43 Å². The van der Waals surface area contributed by atoms with Gasteiger partial charge in [0, 0.05) is 37.8 Å². The molecule has 0 aromatic heterocycles. The van der Waals surface area contributed by atoms with Crippen molar-refractivity contribution >= 4 is 11.8 Å². The Bertz CT molecular complexity index is 630. The van der Waals surface area contributed by atoms with Crippen molar-refractivity contribution in [2.75, 3.05) is 19.6 Å². The molecule has 1 aliphatic carbocycles. The van der Waals surface area contributed by atoms with Gasteiger partial charge >= 0.3 is 11.8 Å². The molecular weight excluding hydrogens is 316 g/mol. The Labute approximate surface area is 148 Å². The standard InChI is InChI=1S/C19H26N4O2/c24-18-19(25)23(16-8-4-5-9-16)11-10-22(18)13-15-12-17(21-20-15)14-6-2-1-3-7-14/h1-3,6-7,15-17,20-21H,4-5,8-13H2. The van der Waals surface area contributed by atoms with E-state index in [0.29, 0.717) is 19.6 Å². The molecule has 0 spiro atoms. The number of amides is 2. The fourth-order valence-corrected chi connectivity index (χ4v) is 4.34. The van der Waals surface area contributed by atoms with Crippen LogP contribution in [0.4, 0.5) is 0 Å². The van der Waals surface area contributed by atoms with Gasteiger partial charge < -0.3 is 9.80 Å². The van der Waals surface area contributed by atoms with Crippen LogP contribution in [0.5, 0.6) is 0 Å². The molecule has 1 aromatic carbocycles. The predicted octanol–water partition coefficient (Wildman–Crippen LogP) is 1.21. The van der Waals surface area contributed by atoms with E-state index in [-0.39, 0.29) is 29.9 Å². The molecule has 0 radical (unpaired) electrons. The Morgan fingerprint density at radius 1 is 0.960 bits per heavy atom. The second kappa shape index (κ2) is 7.14. The Balaban J connectivity index is 1.33. The summed E-state index contributed by atoms with van der Waals surface area (Å²) in [4.78, 5) is 28.5. The van der Waals surface area contributed by atoms with Crippen molar-refractivity contribution < 1.29 is 9.59 Å². The highest BCUT2D eigenvalue weighted by Gasteiger charge is 2.38. The number of hydrogen-bond acceptors (Lipinski definition) is 4. The maximum Gasteiger partial charge on any atom is 0.312 e. The van der Waals surface area contributed by atoms with Gasteiger partial charge in [0.25, 0.3) is 0 Å². The third kappa shape index (κ3) is 3.41. The lowest BCUT2D eigenvalue weighted by atomic mass is 10.0. The molecule has 2 unspecified atom stereocenters. The first kappa shape index (κ1) is 16.5. The zero-order valence-electron chi connectivity index (χ0n) is 14.5. The zero-order chi connectivity index (χ0) is 17.2. The van der Waals surface area contributed by atoms with Crippen LogP contribution in [0.3, 0.4) is 0 Å². The highest BCUT2D eigenvalue weighted by atomic mass is 16.2. The maximum absolute atomic E-state index is 12.5. The molecule has 4 rings (SSSR count). The van der Waals surface area contributed by atoms with Crippen molar-refractivity contribution in [3.63, 3.8) is 0 Å². The van der Waals surface area contributed by atoms with Crippen molar-refractivity contribution in [1.29, 1.82) is 0 Å². The fourth-order valence-electron chi connectivity index (χ4n) is 4.34. The van der Waals surface area contributed by atoms with Crippen LogP contribution in [-0.2, 0) is 9.59 Å². The fraction of sp³-hybridized carbons (Fsp3) is 0.579. The van der Waals surface area contributed by atoms with Crippen LogP contribution in [0.2, 0.25) is 0 Å². The summed E-state index contributed by atoms with van der Waals surface area (Å²) in [5, 5.41) is 0. The van der Waals surface area contributed by atoms with Crippen LogP contribution in [0.25, 0.3) is 0 Å². The first-order chi connectivity index (χ1) is 12.2. The van der Waals surface area contributed by atoms with Gasteiger partial charge in [-0.15, -0.1) is 0 Å². The maximum atomic E-state index is 12.5. The molecule has 3 fully saturated rings. The smallest absolute Gasteiger partial charge is 0.312 e. The first-order valence-corrected chi connectivity index (χ1v) is 9.38. The Hall–Kier alpha value is -1.92. The second-order valence-electron chi connectivity index (χ2n) is 7.37. The number of piperazine rings is 1. The van der Waals surface area contributed by atoms with Gasteiger partial charge in [0.2, 0.25) is 0 Å². The Morgan fingerprint density at radius 3 is 2.48 bits per heavy atom. The number of carbonyl (C=O) groups is 2. The normalized spacial score (nSPS) is 28.2. The summed E-state index contributed by atoms with van der Waals surface area (Å²) in [6.07, 6.45) is 5.35. The van der Waals surface area contributed by atoms with E-state index in [2.05, 4.69) is 23.0 Å². The molecule has 2 N–H and O–H groups in total. The highest BCUT2D eigenvalue weighted by Crippen LogP contribution is 2.26. The molecule has 6 nitrogen and oxygen atoms in total. The molecule has 6 heteroatoms. The molecule has 0 bridgehead atoms.